The first-order chi connectivity index (χ1) is 17.5. The highest BCUT2D eigenvalue weighted by atomic mass is 19.1. The minimum absolute atomic E-state index is 0.143. The number of benzene rings is 3. The molecular weight excluding hydrogens is 466 g/mol. The van der Waals surface area contributed by atoms with Gasteiger partial charge in [-0.1, -0.05) is 12.1 Å². The van der Waals surface area contributed by atoms with Crippen LogP contribution in [0.2, 0.25) is 0 Å². The molecule has 0 spiro atoms. The van der Waals surface area contributed by atoms with Gasteiger partial charge in [0.25, 0.3) is 0 Å². The SMILES string of the molecule is COc1ccc(N2CCN(Cc3ccc(OC)c4oc(-c5c(F)cccc5F)cc34)CC2)cc1OC. The van der Waals surface area contributed by atoms with Crippen molar-refractivity contribution in [1.29, 1.82) is 0 Å². The van der Waals surface area contributed by atoms with Crippen LogP contribution < -0.4 is 19.1 Å². The molecule has 0 unspecified atom stereocenters. The Labute approximate surface area is 208 Å². The molecule has 0 amide bonds. The zero-order chi connectivity index (χ0) is 25.2. The van der Waals surface area contributed by atoms with Crippen molar-refractivity contribution in [2.75, 3.05) is 52.4 Å². The molecule has 1 aromatic heterocycles. The number of halogens is 2. The van der Waals surface area contributed by atoms with Gasteiger partial charge in [0.1, 0.15) is 17.4 Å². The first-order valence-electron chi connectivity index (χ1n) is 11.8. The Kier molecular flexibility index (Phi) is 6.69. The highest BCUT2D eigenvalue weighted by Crippen LogP contribution is 2.38. The number of anilines is 1. The van der Waals surface area contributed by atoms with Gasteiger partial charge in [0.15, 0.2) is 22.8 Å². The molecule has 188 valence electrons. The van der Waals surface area contributed by atoms with Crippen LogP contribution in [0, 0.1) is 11.6 Å². The topological polar surface area (TPSA) is 47.3 Å². The van der Waals surface area contributed by atoms with Crippen LogP contribution in [0.5, 0.6) is 17.2 Å². The van der Waals surface area contributed by atoms with Crippen LogP contribution in [-0.2, 0) is 6.54 Å². The lowest BCUT2D eigenvalue weighted by Gasteiger charge is -2.36. The van der Waals surface area contributed by atoms with Crippen LogP contribution in [0.25, 0.3) is 22.3 Å². The fourth-order valence-corrected chi connectivity index (χ4v) is 4.74. The van der Waals surface area contributed by atoms with Gasteiger partial charge in [-0.05, 0) is 42.0 Å². The third-order valence-electron chi connectivity index (χ3n) is 6.67. The van der Waals surface area contributed by atoms with Crippen LogP contribution in [0.4, 0.5) is 14.5 Å². The summed E-state index contributed by atoms with van der Waals surface area (Å²) in [7, 11) is 4.81. The maximum Gasteiger partial charge on any atom is 0.176 e. The summed E-state index contributed by atoms with van der Waals surface area (Å²) in [4.78, 5) is 4.67. The molecule has 2 heterocycles. The molecule has 0 aliphatic carbocycles. The zero-order valence-corrected chi connectivity index (χ0v) is 20.5. The van der Waals surface area contributed by atoms with E-state index in [1.807, 2.05) is 30.3 Å². The average molecular weight is 495 g/mol. The van der Waals surface area contributed by atoms with E-state index in [4.69, 9.17) is 18.6 Å². The minimum atomic E-state index is -0.666. The number of piperazine rings is 1. The van der Waals surface area contributed by atoms with Gasteiger partial charge in [0, 0.05) is 49.9 Å². The maximum atomic E-state index is 14.4. The van der Waals surface area contributed by atoms with Gasteiger partial charge < -0.3 is 23.5 Å². The van der Waals surface area contributed by atoms with Crippen molar-refractivity contribution in [2.24, 2.45) is 0 Å². The quantitative estimate of drug-likeness (QED) is 0.327. The molecule has 1 fully saturated rings. The number of nitrogens with zero attached hydrogens (tertiary/aromatic N) is 2. The molecule has 5 rings (SSSR count). The molecule has 36 heavy (non-hydrogen) atoms. The molecular formula is C28H28F2N2O4. The first kappa shape index (κ1) is 23.9. The predicted molar refractivity (Wildman–Crippen MR) is 135 cm³/mol. The summed E-state index contributed by atoms with van der Waals surface area (Å²) in [6.07, 6.45) is 0. The maximum absolute atomic E-state index is 14.4. The van der Waals surface area contributed by atoms with Crippen molar-refractivity contribution < 1.29 is 27.4 Å². The van der Waals surface area contributed by atoms with E-state index in [0.29, 0.717) is 29.4 Å². The van der Waals surface area contributed by atoms with Crippen LogP contribution in [0.1, 0.15) is 5.56 Å². The Hall–Kier alpha value is -3.78. The van der Waals surface area contributed by atoms with E-state index in [1.165, 1.54) is 18.2 Å². The number of furan rings is 1. The molecule has 1 aliphatic rings. The molecule has 4 aromatic rings. The second kappa shape index (κ2) is 10.1. The Morgan fingerprint density at radius 2 is 1.44 bits per heavy atom. The average Bonchev–Trinajstić information content (AvgIpc) is 3.34. The summed E-state index contributed by atoms with van der Waals surface area (Å²) in [6.45, 7) is 4.10. The van der Waals surface area contributed by atoms with Gasteiger partial charge in [0.05, 0.1) is 26.9 Å². The highest BCUT2D eigenvalue weighted by molar-refractivity contribution is 5.90. The summed E-state index contributed by atoms with van der Waals surface area (Å²) in [5.74, 6) is 0.750. The summed E-state index contributed by atoms with van der Waals surface area (Å²) >= 11 is 0. The van der Waals surface area contributed by atoms with Crippen molar-refractivity contribution in [1.82, 2.24) is 4.90 Å². The molecule has 3 aromatic carbocycles. The van der Waals surface area contributed by atoms with Gasteiger partial charge >= 0.3 is 0 Å². The first-order valence-corrected chi connectivity index (χ1v) is 11.8. The van der Waals surface area contributed by atoms with E-state index < -0.39 is 11.6 Å². The number of hydrogen-bond acceptors (Lipinski definition) is 6. The van der Waals surface area contributed by atoms with E-state index in [0.717, 1.165) is 42.8 Å². The van der Waals surface area contributed by atoms with E-state index in [2.05, 4.69) is 9.80 Å². The second-order valence-corrected chi connectivity index (χ2v) is 8.68. The molecule has 8 heteroatoms. The van der Waals surface area contributed by atoms with Crippen LogP contribution in [-0.4, -0.2) is 52.4 Å². The highest BCUT2D eigenvalue weighted by Gasteiger charge is 2.22. The van der Waals surface area contributed by atoms with Gasteiger partial charge in [-0.3, -0.25) is 4.90 Å². The number of fused-ring (bicyclic) bond motifs is 1. The number of methoxy groups -OCH3 is 3. The van der Waals surface area contributed by atoms with E-state index >= 15 is 0 Å². The van der Waals surface area contributed by atoms with Gasteiger partial charge in [0.2, 0.25) is 0 Å². The molecule has 0 radical (unpaired) electrons. The number of ether oxygens (including phenoxy) is 3. The summed E-state index contributed by atoms with van der Waals surface area (Å²) in [5, 5.41) is 0.786. The standard InChI is InChI=1S/C28H28F2N2O4/c1-33-23-10-8-19(15-25(23)35-3)32-13-11-31(12-14-32)17-18-7-9-24(34-2)28-20(18)16-26(36-28)27-21(29)5-4-6-22(27)30/h4-10,15-16H,11-14,17H2,1-3H3. The Morgan fingerprint density at radius 1 is 0.778 bits per heavy atom. The van der Waals surface area contributed by atoms with Crippen molar-refractivity contribution in [3.05, 3.63) is 71.8 Å². The van der Waals surface area contributed by atoms with Crippen molar-refractivity contribution >= 4 is 16.7 Å². The zero-order valence-electron chi connectivity index (χ0n) is 20.5. The molecule has 6 nitrogen and oxygen atoms in total. The largest absolute Gasteiger partial charge is 0.493 e. The van der Waals surface area contributed by atoms with E-state index in [-0.39, 0.29) is 11.3 Å². The smallest absolute Gasteiger partial charge is 0.176 e. The lowest BCUT2D eigenvalue weighted by atomic mass is 10.1. The fraction of sp³-hybridized carbons (Fsp3) is 0.286. The summed E-state index contributed by atoms with van der Waals surface area (Å²) in [5.41, 5.74) is 2.41. The lowest BCUT2D eigenvalue weighted by Crippen LogP contribution is -2.46. The van der Waals surface area contributed by atoms with Crippen molar-refractivity contribution in [3.8, 4) is 28.6 Å². The predicted octanol–water partition coefficient (Wildman–Crippen LogP) is 5.73. The molecule has 0 bridgehead atoms. The number of hydrogen-bond donors (Lipinski definition) is 0. The fourth-order valence-electron chi connectivity index (χ4n) is 4.74. The lowest BCUT2D eigenvalue weighted by molar-refractivity contribution is 0.250. The Morgan fingerprint density at radius 3 is 2.11 bits per heavy atom. The van der Waals surface area contributed by atoms with Gasteiger partial charge in [-0.2, -0.15) is 0 Å². The van der Waals surface area contributed by atoms with Gasteiger partial charge in [-0.15, -0.1) is 0 Å². The molecule has 0 N–H and O–H groups in total. The normalized spacial score (nSPS) is 14.3. The molecule has 0 atom stereocenters. The van der Waals surface area contributed by atoms with Crippen molar-refractivity contribution in [3.63, 3.8) is 0 Å². The molecule has 1 saturated heterocycles. The van der Waals surface area contributed by atoms with Crippen LogP contribution in [0.3, 0.4) is 0 Å². The van der Waals surface area contributed by atoms with Crippen LogP contribution in [0.15, 0.2) is 59.0 Å². The third-order valence-corrected chi connectivity index (χ3v) is 6.67. The monoisotopic (exact) mass is 494 g/mol. The molecule has 0 saturated carbocycles. The summed E-state index contributed by atoms with van der Waals surface area (Å²) < 4.78 is 51.0. The third kappa shape index (κ3) is 4.44. The minimum Gasteiger partial charge on any atom is -0.493 e. The van der Waals surface area contributed by atoms with Crippen molar-refractivity contribution in [2.45, 2.75) is 6.54 Å². The number of rotatable bonds is 7. The van der Waals surface area contributed by atoms with Gasteiger partial charge in [-0.25, -0.2) is 8.78 Å². The second-order valence-electron chi connectivity index (χ2n) is 8.68. The summed E-state index contributed by atoms with van der Waals surface area (Å²) in [6, 6.07) is 15.3. The Bertz CT molecular complexity index is 1360. The van der Waals surface area contributed by atoms with Crippen LogP contribution >= 0.6 is 0 Å². The Balaban J connectivity index is 1.36. The van der Waals surface area contributed by atoms with E-state index in [9.17, 15) is 8.78 Å². The molecule has 1 aliphatic heterocycles. The van der Waals surface area contributed by atoms with E-state index in [1.54, 1.807) is 27.4 Å².